The summed E-state index contributed by atoms with van der Waals surface area (Å²) in [6, 6.07) is 3.51. The summed E-state index contributed by atoms with van der Waals surface area (Å²) in [5.74, 6) is 0.696. The van der Waals surface area contributed by atoms with Crippen LogP contribution in [0.5, 0.6) is 0 Å². The first-order chi connectivity index (χ1) is 17.2. The fraction of sp³-hybridized carbons (Fsp3) is 0.690. The Morgan fingerprint density at radius 1 is 1.25 bits per heavy atom. The molecule has 0 bridgehead atoms. The lowest BCUT2D eigenvalue weighted by molar-refractivity contribution is 0.0453. The number of aromatic nitrogens is 1. The number of hydrogen-bond donors (Lipinski definition) is 3. The number of rotatable bonds is 7. The number of likely N-dealkylation sites (tertiary alicyclic amines) is 1. The van der Waals surface area contributed by atoms with Gasteiger partial charge in [-0.15, -0.1) is 0 Å². The maximum atomic E-state index is 15.4. The molecule has 0 aliphatic carbocycles. The summed E-state index contributed by atoms with van der Waals surface area (Å²) < 4.78 is 15.4. The van der Waals surface area contributed by atoms with Gasteiger partial charge in [-0.05, 0) is 43.7 Å². The van der Waals surface area contributed by atoms with E-state index >= 15 is 4.39 Å². The molecule has 3 rings (SSSR count). The van der Waals surface area contributed by atoms with Gasteiger partial charge in [0.2, 0.25) is 0 Å². The van der Waals surface area contributed by atoms with Gasteiger partial charge in [0.25, 0.3) is 0 Å². The van der Waals surface area contributed by atoms with Crippen LogP contribution in [0, 0.1) is 11.3 Å². The lowest BCUT2D eigenvalue weighted by Gasteiger charge is -2.46. The van der Waals surface area contributed by atoms with Crippen molar-refractivity contribution in [1.29, 1.82) is 0 Å². The van der Waals surface area contributed by atoms with Crippen molar-refractivity contribution in [2.24, 2.45) is 17.1 Å². The van der Waals surface area contributed by atoms with Crippen LogP contribution in [0.4, 0.5) is 10.2 Å². The molecule has 4 unspecified atom stereocenters. The van der Waals surface area contributed by atoms with Gasteiger partial charge in [-0.2, -0.15) is 0 Å². The molecule has 1 aromatic heterocycles. The Hall–Kier alpha value is -1.96. The summed E-state index contributed by atoms with van der Waals surface area (Å²) in [5.41, 5.74) is 14.4. The van der Waals surface area contributed by atoms with E-state index in [1.165, 1.54) is 0 Å². The summed E-state index contributed by atoms with van der Waals surface area (Å²) in [5, 5.41) is 3.27. The third kappa shape index (κ3) is 7.53. The first kappa shape index (κ1) is 32.1. The molecule has 1 saturated heterocycles. The minimum Gasteiger partial charge on any atom is -0.383 e. The Balaban J connectivity index is 0.00000154. The van der Waals surface area contributed by atoms with E-state index in [9.17, 15) is 0 Å². The van der Waals surface area contributed by atoms with Crippen LogP contribution in [0.3, 0.4) is 0 Å². The number of hydrogen-bond acceptors (Lipinski definition) is 6. The minimum atomic E-state index is -0.377. The van der Waals surface area contributed by atoms with Crippen LogP contribution in [0.1, 0.15) is 85.8 Å². The van der Waals surface area contributed by atoms with Gasteiger partial charge in [-0.3, -0.25) is 4.90 Å². The van der Waals surface area contributed by atoms with Gasteiger partial charge in [0.05, 0.1) is 11.7 Å². The number of halogens is 1. The van der Waals surface area contributed by atoms with Crippen LogP contribution >= 0.6 is 0 Å². The van der Waals surface area contributed by atoms with Crippen LogP contribution in [-0.2, 0) is 0 Å². The van der Waals surface area contributed by atoms with E-state index in [1.807, 2.05) is 60.0 Å². The zero-order chi connectivity index (χ0) is 27.5. The highest BCUT2D eigenvalue weighted by molar-refractivity contribution is 5.45. The predicted octanol–water partition coefficient (Wildman–Crippen LogP) is 5.85. The van der Waals surface area contributed by atoms with Crippen LogP contribution in [0.25, 0.3) is 0 Å². The largest absolute Gasteiger partial charge is 0.383 e. The molecule has 0 spiro atoms. The fourth-order valence-corrected chi connectivity index (χ4v) is 5.15. The zero-order valence-electron chi connectivity index (χ0n) is 24.3. The number of likely N-dealkylation sites (N-methyl/N-ethyl adjacent to an activating group) is 2. The molecular weight excluding hydrogens is 451 g/mol. The highest BCUT2D eigenvalue weighted by Gasteiger charge is 2.38. The standard InChI is InChI=1S/C25H41FN6.2C2H6/c1-6-25(2,3)23(27)17-10-9-15-32(16-17)20-13-7-12-19(26)22(31(20)5)21(29-4)18-11-8-14-30-24(18)28;2*1-2/h7-8,11,13-14,17,20-21,23,29H,6,9-10,12,15-16,27H2,1-5H3,(H2,28,30);2*1-2H3. The molecule has 2 aliphatic heterocycles. The van der Waals surface area contributed by atoms with E-state index in [2.05, 4.69) is 46.9 Å². The summed E-state index contributed by atoms with van der Waals surface area (Å²) >= 11 is 0. The van der Waals surface area contributed by atoms with Crippen molar-refractivity contribution in [1.82, 2.24) is 20.1 Å². The van der Waals surface area contributed by atoms with Gasteiger partial charge in [0, 0.05) is 44.4 Å². The lowest BCUT2D eigenvalue weighted by atomic mass is 9.73. The van der Waals surface area contributed by atoms with Gasteiger partial charge in [-0.1, -0.05) is 66.7 Å². The average Bonchev–Trinajstić information content (AvgIpc) is 3.05. The average molecular weight is 505 g/mol. The molecule has 206 valence electrons. The van der Waals surface area contributed by atoms with E-state index in [0.717, 1.165) is 37.9 Å². The second-order valence-corrected chi connectivity index (χ2v) is 9.91. The topological polar surface area (TPSA) is 83.4 Å². The first-order valence-electron chi connectivity index (χ1n) is 13.9. The van der Waals surface area contributed by atoms with Gasteiger partial charge in [0.15, 0.2) is 0 Å². The molecule has 2 aliphatic rings. The molecule has 1 fully saturated rings. The Kier molecular flexibility index (Phi) is 13.7. The number of anilines is 1. The zero-order valence-corrected chi connectivity index (χ0v) is 24.3. The van der Waals surface area contributed by atoms with E-state index in [1.54, 1.807) is 6.20 Å². The van der Waals surface area contributed by atoms with E-state index in [0.29, 0.717) is 17.4 Å². The third-order valence-corrected chi connectivity index (χ3v) is 7.59. The Morgan fingerprint density at radius 2 is 1.92 bits per heavy atom. The SMILES string of the molecule is CC.CC.CCC(C)(C)C(N)C1CCCN(C2C=CCC(F)=C(C(NC)c3cccnc3N)N2C)C1. The maximum absolute atomic E-state index is 15.4. The van der Waals surface area contributed by atoms with Gasteiger partial charge in [-0.25, -0.2) is 9.37 Å². The molecule has 0 aromatic carbocycles. The maximum Gasteiger partial charge on any atom is 0.128 e. The van der Waals surface area contributed by atoms with Gasteiger partial charge in [0.1, 0.15) is 17.8 Å². The number of nitrogens with one attached hydrogen (secondary N) is 1. The molecule has 6 nitrogen and oxygen atoms in total. The van der Waals surface area contributed by atoms with Crippen molar-refractivity contribution >= 4 is 5.82 Å². The Bertz CT molecular complexity index is 837. The highest BCUT2D eigenvalue weighted by atomic mass is 19.1. The van der Waals surface area contributed by atoms with Crippen LogP contribution < -0.4 is 16.8 Å². The summed E-state index contributed by atoms with van der Waals surface area (Å²) in [6.45, 7) is 16.6. The third-order valence-electron chi connectivity index (χ3n) is 7.59. The number of nitrogens with two attached hydrogens (primary N) is 2. The quantitative estimate of drug-likeness (QED) is 0.404. The molecule has 0 radical (unpaired) electrons. The second-order valence-electron chi connectivity index (χ2n) is 9.91. The van der Waals surface area contributed by atoms with Crippen LogP contribution in [-0.4, -0.2) is 54.2 Å². The first-order valence-corrected chi connectivity index (χ1v) is 13.9. The second kappa shape index (κ2) is 15.3. The van der Waals surface area contributed by atoms with Crippen LogP contribution in [0.2, 0.25) is 0 Å². The smallest absolute Gasteiger partial charge is 0.128 e. The predicted molar refractivity (Wildman–Crippen MR) is 153 cm³/mol. The molecule has 0 saturated carbocycles. The van der Waals surface area contributed by atoms with Crippen molar-refractivity contribution in [2.75, 3.05) is 32.9 Å². The number of nitrogens with zero attached hydrogens (tertiary/aromatic N) is 3. The number of nitrogen functional groups attached to an aromatic ring is 1. The van der Waals surface area contributed by atoms with Crippen molar-refractivity contribution in [2.45, 2.75) is 92.4 Å². The number of piperidine rings is 1. The van der Waals surface area contributed by atoms with Crippen LogP contribution in [0.15, 0.2) is 42.0 Å². The Labute approximate surface area is 220 Å². The molecule has 5 N–H and O–H groups in total. The molecule has 0 amide bonds. The normalized spacial score (nSPS) is 22.6. The minimum absolute atomic E-state index is 0.0354. The van der Waals surface area contributed by atoms with E-state index < -0.39 is 0 Å². The molecule has 36 heavy (non-hydrogen) atoms. The monoisotopic (exact) mass is 504 g/mol. The van der Waals surface area contributed by atoms with E-state index in [4.69, 9.17) is 11.5 Å². The lowest BCUT2D eigenvalue weighted by Crippen LogP contribution is -2.55. The molecule has 1 aromatic rings. The van der Waals surface area contributed by atoms with Crippen molar-refractivity contribution in [3.63, 3.8) is 0 Å². The Morgan fingerprint density at radius 3 is 2.50 bits per heavy atom. The van der Waals surface area contributed by atoms with E-state index in [-0.39, 0.29) is 35.9 Å². The highest BCUT2D eigenvalue weighted by Crippen LogP contribution is 2.37. The summed E-state index contributed by atoms with van der Waals surface area (Å²) in [7, 11) is 3.81. The van der Waals surface area contributed by atoms with Gasteiger partial charge >= 0.3 is 0 Å². The van der Waals surface area contributed by atoms with Crippen molar-refractivity contribution < 1.29 is 4.39 Å². The fourth-order valence-electron chi connectivity index (χ4n) is 5.15. The van der Waals surface area contributed by atoms with Crippen molar-refractivity contribution in [3.8, 4) is 0 Å². The molecule has 7 heteroatoms. The molecule has 3 heterocycles. The summed E-state index contributed by atoms with van der Waals surface area (Å²) in [6.07, 6.45) is 9.27. The molecular formula is C29H53FN6. The summed E-state index contributed by atoms with van der Waals surface area (Å²) in [4.78, 5) is 8.73. The number of allylic oxidation sites excluding steroid dienone is 2. The van der Waals surface area contributed by atoms with Crippen molar-refractivity contribution in [3.05, 3.63) is 47.6 Å². The molecule has 4 atom stereocenters. The van der Waals surface area contributed by atoms with Gasteiger partial charge < -0.3 is 21.7 Å². The number of pyridine rings is 1.